The molecule has 1 heterocycles. The van der Waals surface area contributed by atoms with Crippen molar-refractivity contribution in [2.75, 3.05) is 18.9 Å². The predicted octanol–water partition coefficient (Wildman–Crippen LogP) is 2.39. The van der Waals surface area contributed by atoms with Crippen LogP contribution >= 0.6 is 0 Å². The van der Waals surface area contributed by atoms with E-state index in [1.54, 1.807) is 0 Å². The van der Waals surface area contributed by atoms with E-state index < -0.39 is 0 Å². The van der Waals surface area contributed by atoms with E-state index in [0.29, 0.717) is 6.04 Å². The first kappa shape index (κ1) is 14.0. The highest BCUT2D eigenvalue weighted by Crippen LogP contribution is 2.21. The van der Waals surface area contributed by atoms with Crippen LogP contribution in [0.5, 0.6) is 0 Å². The number of nitrogens with zero attached hydrogens (tertiary/aromatic N) is 3. The molecule has 0 unspecified atom stereocenters. The van der Waals surface area contributed by atoms with Gasteiger partial charge in [0.15, 0.2) is 0 Å². The molecule has 1 N–H and O–H groups in total. The summed E-state index contributed by atoms with van der Waals surface area (Å²) in [5, 5.41) is 7.73. The molecule has 0 saturated heterocycles. The van der Waals surface area contributed by atoms with E-state index in [-0.39, 0.29) is 0 Å². The standard InChI is InChI=1S/C13H26N4/c1-7-8-17(10(2)3)9-12-11(4)15-16(6)13(12)14-5/h10,14H,7-9H2,1-6H3. The van der Waals surface area contributed by atoms with Crippen molar-refractivity contribution in [1.29, 1.82) is 0 Å². The smallest absolute Gasteiger partial charge is 0.128 e. The van der Waals surface area contributed by atoms with Crippen LogP contribution in [0.15, 0.2) is 0 Å². The van der Waals surface area contributed by atoms with Crippen LogP contribution in [-0.4, -0.2) is 34.3 Å². The fourth-order valence-corrected chi connectivity index (χ4v) is 2.21. The number of hydrogen-bond donors (Lipinski definition) is 1. The molecule has 1 rings (SSSR count). The molecule has 98 valence electrons. The van der Waals surface area contributed by atoms with Gasteiger partial charge in [0.25, 0.3) is 0 Å². The molecule has 4 nitrogen and oxygen atoms in total. The Kier molecular flexibility index (Phi) is 5.00. The minimum atomic E-state index is 0.569. The van der Waals surface area contributed by atoms with Gasteiger partial charge in [0.05, 0.1) is 5.69 Å². The summed E-state index contributed by atoms with van der Waals surface area (Å²) in [6, 6.07) is 0.569. The molecular formula is C13H26N4. The highest BCUT2D eigenvalue weighted by Gasteiger charge is 2.16. The lowest BCUT2D eigenvalue weighted by atomic mass is 10.2. The van der Waals surface area contributed by atoms with Crippen LogP contribution in [0.1, 0.15) is 38.4 Å². The quantitative estimate of drug-likeness (QED) is 0.826. The molecule has 0 aliphatic carbocycles. The summed E-state index contributed by atoms with van der Waals surface area (Å²) in [6.07, 6.45) is 1.19. The Labute approximate surface area is 105 Å². The Morgan fingerprint density at radius 1 is 1.41 bits per heavy atom. The highest BCUT2D eigenvalue weighted by molar-refractivity contribution is 5.46. The maximum absolute atomic E-state index is 4.48. The summed E-state index contributed by atoms with van der Waals surface area (Å²) in [6.45, 7) is 10.9. The number of aryl methyl sites for hydroxylation is 2. The van der Waals surface area contributed by atoms with Crippen molar-refractivity contribution in [3.05, 3.63) is 11.3 Å². The minimum absolute atomic E-state index is 0.569. The maximum Gasteiger partial charge on any atom is 0.128 e. The lowest BCUT2D eigenvalue weighted by Crippen LogP contribution is -2.31. The Balaban J connectivity index is 2.92. The number of aromatic nitrogens is 2. The van der Waals surface area contributed by atoms with Crippen LogP contribution in [0, 0.1) is 6.92 Å². The third-order valence-corrected chi connectivity index (χ3v) is 3.19. The van der Waals surface area contributed by atoms with Gasteiger partial charge in [-0.2, -0.15) is 5.10 Å². The van der Waals surface area contributed by atoms with E-state index in [2.05, 4.69) is 43.0 Å². The summed E-state index contributed by atoms with van der Waals surface area (Å²) < 4.78 is 1.93. The Morgan fingerprint density at radius 2 is 2.06 bits per heavy atom. The fraction of sp³-hybridized carbons (Fsp3) is 0.769. The van der Waals surface area contributed by atoms with Gasteiger partial charge >= 0.3 is 0 Å². The molecule has 4 heteroatoms. The first-order chi connectivity index (χ1) is 8.01. The molecule has 0 aliphatic heterocycles. The normalized spacial score (nSPS) is 11.5. The second-order valence-corrected chi connectivity index (χ2v) is 4.85. The van der Waals surface area contributed by atoms with Crippen LogP contribution in [-0.2, 0) is 13.6 Å². The first-order valence-corrected chi connectivity index (χ1v) is 6.45. The lowest BCUT2D eigenvalue weighted by Gasteiger charge is -2.26. The Bertz CT molecular complexity index is 355. The molecule has 1 aromatic rings. The van der Waals surface area contributed by atoms with Crippen LogP contribution in [0.2, 0.25) is 0 Å². The zero-order valence-electron chi connectivity index (χ0n) is 12.0. The van der Waals surface area contributed by atoms with E-state index in [1.807, 2.05) is 18.8 Å². The molecule has 0 aromatic carbocycles. The number of hydrogen-bond acceptors (Lipinski definition) is 3. The molecule has 0 radical (unpaired) electrons. The van der Waals surface area contributed by atoms with Gasteiger partial charge in [-0.1, -0.05) is 6.92 Å². The summed E-state index contributed by atoms with van der Waals surface area (Å²) >= 11 is 0. The van der Waals surface area contributed by atoms with Gasteiger partial charge in [-0.3, -0.25) is 9.58 Å². The topological polar surface area (TPSA) is 33.1 Å². The monoisotopic (exact) mass is 238 g/mol. The van der Waals surface area contributed by atoms with Crippen molar-refractivity contribution in [2.45, 2.75) is 46.7 Å². The second-order valence-electron chi connectivity index (χ2n) is 4.85. The van der Waals surface area contributed by atoms with E-state index in [9.17, 15) is 0 Å². The number of nitrogens with one attached hydrogen (secondary N) is 1. The van der Waals surface area contributed by atoms with Crippen LogP contribution in [0.25, 0.3) is 0 Å². The molecule has 0 aliphatic rings. The molecule has 0 saturated carbocycles. The highest BCUT2D eigenvalue weighted by atomic mass is 15.3. The van der Waals surface area contributed by atoms with Crippen molar-refractivity contribution in [1.82, 2.24) is 14.7 Å². The fourth-order valence-electron chi connectivity index (χ4n) is 2.21. The van der Waals surface area contributed by atoms with Crippen molar-refractivity contribution in [3.8, 4) is 0 Å². The van der Waals surface area contributed by atoms with Gasteiger partial charge in [0.1, 0.15) is 5.82 Å². The molecular weight excluding hydrogens is 212 g/mol. The minimum Gasteiger partial charge on any atom is -0.373 e. The van der Waals surface area contributed by atoms with Crippen LogP contribution in [0.3, 0.4) is 0 Å². The summed E-state index contributed by atoms with van der Waals surface area (Å²) in [5.74, 6) is 1.13. The van der Waals surface area contributed by atoms with Crippen molar-refractivity contribution in [3.63, 3.8) is 0 Å². The van der Waals surface area contributed by atoms with Gasteiger partial charge in [0, 0.05) is 32.2 Å². The molecule has 0 atom stereocenters. The predicted molar refractivity (Wildman–Crippen MR) is 73.3 cm³/mol. The van der Waals surface area contributed by atoms with Crippen molar-refractivity contribution in [2.24, 2.45) is 7.05 Å². The third kappa shape index (κ3) is 3.22. The average molecular weight is 238 g/mol. The summed E-state index contributed by atoms with van der Waals surface area (Å²) in [5.41, 5.74) is 2.44. The number of rotatable bonds is 6. The summed E-state index contributed by atoms with van der Waals surface area (Å²) in [4.78, 5) is 2.49. The van der Waals surface area contributed by atoms with Crippen molar-refractivity contribution >= 4 is 5.82 Å². The van der Waals surface area contributed by atoms with E-state index in [0.717, 1.165) is 24.6 Å². The molecule has 1 aromatic heterocycles. The Morgan fingerprint density at radius 3 is 2.53 bits per heavy atom. The first-order valence-electron chi connectivity index (χ1n) is 6.45. The van der Waals surface area contributed by atoms with E-state index >= 15 is 0 Å². The zero-order valence-corrected chi connectivity index (χ0v) is 12.0. The molecule has 0 bridgehead atoms. The average Bonchev–Trinajstić information content (AvgIpc) is 2.52. The number of anilines is 1. The molecule has 0 amide bonds. The SMILES string of the molecule is CCCN(Cc1c(C)nn(C)c1NC)C(C)C. The zero-order chi connectivity index (χ0) is 13.0. The van der Waals surface area contributed by atoms with E-state index in [1.165, 1.54) is 12.0 Å². The van der Waals surface area contributed by atoms with E-state index in [4.69, 9.17) is 0 Å². The summed E-state index contributed by atoms with van der Waals surface area (Å²) in [7, 11) is 3.95. The largest absolute Gasteiger partial charge is 0.373 e. The van der Waals surface area contributed by atoms with Gasteiger partial charge in [-0.25, -0.2) is 0 Å². The lowest BCUT2D eigenvalue weighted by molar-refractivity contribution is 0.213. The van der Waals surface area contributed by atoms with Gasteiger partial charge in [-0.05, 0) is 33.7 Å². The third-order valence-electron chi connectivity index (χ3n) is 3.19. The Hall–Kier alpha value is -1.03. The van der Waals surface area contributed by atoms with Gasteiger partial charge in [0.2, 0.25) is 0 Å². The van der Waals surface area contributed by atoms with Gasteiger partial charge < -0.3 is 5.32 Å². The van der Waals surface area contributed by atoms with Gasteiger partial charge in [-0.15, -0.1) is 0 Å². The molecule has 0 fully saturated rings. The molecule has 17 heavy (non-hydrogen) atoms. The van der Waals surface area contributed by atoms with Crippen LogP contribution in [0.4, 0.5) is 5.82 Å². The van der Waals surface area contributed by atoms with Crippen LogP contribution < -0.4 is 5.32 Å². The maximum atomic E-state index is 4.48. The van der Waals surface area contributed by atoms with Crippen molar-refractivity contribution < 1.29 is 0 Å². The molecule has 0 spiro atoms. The second kappa shape index (κ2) is 6.05.